The van der Waals surface area contributed by atoms with E-state index in [-0.39, 0.29) is 5.25 Å². The molecule has 7 heteroatoms. The molecule has 3 heterocycles. The molecule has 19 heavy (non-hydrogen) atoms. The van der Waals surface area contributed by atoms with Gasteiger partial charge in [0.2, 0.25) is 0 Å². The first-order chi connectivity index (χ1) is 9.19. The van der Waals surface area contributed by atoms with E-state index < -0.39 is 5.60 Å². The minimum Gasteiger partial charge on any atom is -0.379 e. The Kier molecular flexibility index (Phi) is 4.07. The summed E-state index contributed by atoms with van der Waals surface area (Å²) >= 11 is 3.83. The van der Waals surface area contributed by atoms with Gasteiger partial charge in [0.05, 0.1) is 5.25 Å². The summed E-state index contributed by atoms with van der Waals surface area (Å²) in [4.78, 5) is 4.48. The molecule has 0 aromatic carbocycles. The first-order valence-corrected chi connectivity index (χ1v) is 8.79. The SMILES string of the molecule is CC1SCCSC1c1noc(C2(O)CCCNC2)n1. The lowest BCUT2D eigenvalue weighted by Crippen LogP contribution is -2.43. The van der Waals surface area contributed by atoms with Crippen molar-refractivity contribution in [3.63, 3.8) is 0 Å². The average Bonchev–Trinajstić information content (AvgIpc) is 2.90. The second-order valence-corrected chi connectivity index (χ2v) is 7.87. The number of nitrogens with zero attached hydrogens (tertiary/aromatic N) is 2. The van der Waals surface area contributed by atoms with Crippen LogP contribution < -0.4 is 5.32 Å². The molecule has 0 bridgehead atoms. The molecule has 0 aliphatic carbocycles. The van der Waals surface area contributed by atoms with E-state index in [0.717, 1.165) is 24.5 Å². The number of piperidine rings is 1. The van der Waals surface area contributed by atoms with E-state index in [9.17, 15) is 5.11 Å². The Hall–Kier alpha value is -0.240. The molecule has 2 aliphatic rings. The summed E-state index contributed by atoms with van der Waals surface area (Å²) in [5.41, 5.74) is -0.987. The highest BCUT2D eigenvalue weighted by molar-refractivity contribution is 8.06. The highest BCUT2D eigenvalue weighted by Crippen LogP contribution is 2.41. The predicted molar refractivity (Wildman–Crippen MR) is 77.4 cm³/mol. The molecule has 0 radical (unpaired) electrons. The fraction of sp³-hybridized carbons (Fsp3) is 0.833. The molecule has 2 saturated heterocycles. The van der Waals surface area contributed by atoms with Gasteiger partial charge in [0.15, 0.2) is 11.4 Å². The van der Waals surface area contributed by atoms with Crippen molar-refractivity contribution < 1.29 is 9.63 Å². The van der Waals surface area contributed by atoms with Crippen molar-refractivity contribution in [1.29, 1.82) is 0 Å². The van der Waals surface area contributed by atoms with Crippen LogP contribution in [0.2, 0.25) is 0 Å². The Morgan fingerprint density at radius 2 is 2.26 bits per heavy atom. The first-order valence-electron chi connectivity index (χ1n) is 6.69. The van der Waals surface area contributed by atoms with Crippen LogP contribution in [0.1, 0.15) is 36.7 Å². The lowest BCUT2D eigenvalue weighted by Gasteiger charge is -2.29. The molecule has 0 amide bonds. The van der Waals surface area contributed by atoms with Crippen molar-refractivity contribution in [3.05, 3.63) is 11.7 Å². The van der Waals surface area contributed by atoms with Crippen LogP contribution in [-0.2, 0) is 5.60 Å². The largest absolute Gasteiger partial charge is 0.379 e. The average molecular weight is 301 g/mol. The fourth-order valence-electron chi connectivity index (χ4n) is 2.53. The standard InChI is InChI=1S/C12H19N3O2S2/c1-8-9(19-6-5-18-8)10-14-11(17-15-10)12(16)3-2-4-13-7-12/h8-9,13,16H,2-7H2,1H3. The number of aromatic nitrogens is 2. The first kappa shape index (κ1) is 13.7. The van der Waals surface area contributed by atoms with Gasteiger partial charge in [-0.3, -0.25) is 0 Å². The van der Waals surface area contributed by atoms with Crippen LogP contribution in [0, 0.1) is 0 Å². The number of rotatable bonds is 2. The molecule has 3 rings (SSSR count). The molecular weight excluding hydrogens is 282 g/mol. The number of hydrogen-bond acceptors (Lipinski definition) is 7. The molecule has 0 saturated carbocycles. The summed E-state index contributed by atoms with van der Waals surface area (Å²) in [6, 6.07) is 0. The molecule has 2 N–H and O–H groups in total. The summed E-state index contributed by atoms with van der Waals surface area (Å²) < 4.78 is 5.33. The minimum atomic E-state index is -0.987. The normalized spacial score (nSPS) is 36.3. The van der Waals surface area contributed by atoms with Crippen molar-refractivity contribution in [2.45, 2.75) is 35.9 Å². The van der Waals surface area contributed by atoms with E-state index in [1.807, 2.05) is 23.5 Å². The van der Waals surface area contributed by atoms with Gasteiger partial charge in [0.1, 0.15) is 0 Å². The number of aliphatic hydroxyl groups is 1. The lowest BCUT2D eigenvalue weighted by molar-refractivity contribution is -0.0167. The van der Waals surface area contributed by atoms with Gasteiger partial charge in [-0.25, -0.2) is 0 Å². The van der Waals surface area contributed by atoms with Gasteiger partial charge < -0.3 is 14.9 Å². The van der Waals surface area contributed by atoms with Crippen molar-refractivity contribution in [2.75, 3.05) is 24.6 Å². The Bertz CT molecular complexity index is 434. The van der Waals surface area contributed by atoms with E-state index in [1.54, 1.807) is 0 Å². The third-order valence-electron chi connectivity index (χ3n) is 3.64. The van der Waals surface area contributed by atoms with Crippen LogP contribution in [-0.4, -0.2) is 45.1 Å². The third-order valence-corrected chi connectivity index (χ3v) is 6.73. The Labute approximate surface area is 121 Å². The number of nitrogens with one attached hydrogen (secondary N) is 1. The van der Waals surface area contributed by atoms with E-state index in [2.05, 4.69) is 22.4 Å². The molecule has 1 aromatic rings. The zero-order valence-corrected chi connectivity index (χ0v) is 12.6. The Balaban J connectivity index is 1.78. The van der Waals surface area contributed by atoms with Crippen LogP contribution in [0.15, 0.2) is 4.52 Å². The van der Waals surface area contributed by atoms with Gasteiger partial charge in [-0.1, -0.05) is 12.1 Å². The Morgan fingerprint density at radius 3 is 3.00 bits per heavy atom. The molecule has 0 spiro atoms. The zero-order valence-electron chi connectivity index (χ0n) is 11.0. The third kappa shape index (κ3) is 2.79. The quantitative estimate of drug-likeness (QED) is 0.858. The maximum absolute atomic E-state index is 10.5. The molecule has 2 fully saturated rings. The summed E-state index contributed by atoms with van der Waals surface area (Å²) in [6.07, 6.45) is 1.61. The topological polar surface area (TPSA) is 71.2 Å². The molecule has 2 aliphatic heterocycles. The second-order valence-electron chi connectivity index (χ2n) is 5.14. The van der Waals surface area contributed by atoms with Gasteiger partial charge in [0, 0.05) is 23.3 Å². The summed E-state index contributed by atoms with van der Waals surface area (Å²) in [6.45, 7) is 3.64. The highest BCUT2D eigenvalue weighted by atomic mass is 32.2. The number of thioether (sulfide) groups is 2. The van der Waals surface area contributed by atoms with Gasteiger partial charge >= 0.3 is 0 Å². The van der Waals surface area contributed by atoms with Gasteiger partial charge in [-0.05, 0) is 19.4 Å². The van der Waals surface area contributed by atoms with Gasteiger partial charge in [-0.2, -0.15) is 16.7 Å². The maximum Gasteiger partial charge on any atom is 0.259 e. The van der Waals surface area contributed by atoms with Crippen molar-refractivity contribution in [1.82, 2.24) is 15.5 Å². The van der Waals surface area contributed by atoms with Crippen molar-refractivity contribution >= 4 is 23.5 Å². The second kappa shape index (κ2) is 5.63. The van der Waals surface area contributed by atoms with Crippen LogP contribution in [0.3, 0.4) is 0 Å². The summed E-state index contributed by atoms with van der Waals surface area (Å²) in [7, 11) is 0. The predicted octanol–water partition coefficient (Wildman–Crippen LogP) is 1.55. The van der Waals surface area contributed by atoms with E-state index in [1.165, 1.54) is 5.75 Å². The fourth-order valence-corrected chi connectivity index (χ4v) is 5.21. The molecule has 5 nitrogen and oxygen atoms in total. The Morgan fingerprint density at radius 1 is 1.42 bits per heavy atom. The summed E-state index contributed by atoms with van der Waals surface area (Å²) in [5, 5.41) is 18.6. The van der Waals surface area contributed by atoms with Crippen molar-refractivity contribution in [2.24, 2.45) is 0 Å². The van der Waals surface area contributed by atoms with Crippen LogP contribution in [0.25, 0.3) is 0 Å². The van der Waals surface area contributed by atoms with E-state index in [0.29, 0.717) is 24.1 Å². The molecule has 3 atom stereocenters. The van der Waals surface area contributed by atoms with Crippen molar-refractivity contribution in [3.8, 4) is 0 Å². The monoisotopic (exact) mass is 301 g/mol. The van der Waals surface area contributed by atoms with Gasteiger partial charge in [-0.15, -0.1) is 11.8 Å². The van der Waals surface area contributed by atoms with Crippen LogP contribution in [0.4, 0.5) is 0 Å². The van der Waals surface area contributed by atoms with E-state index >= 15 is 0 Å². The van der Waals surface area contributed by atoms with E-state index in [4.69, 9.17) is 4.52 Å². The smallest absolute Gasteiger partial charge is 0.259 e. The molecule has 3 unspecified atom stereocenters. The zero-order chi connectivity index (χ0) is 13.3. The number of β-amino-alcohol motifs (C(OH)–C–C–N with tert-alkyl or cyclic N) is 1. The molecule has 1 aromatic heterocycles. The summed E-state index contributed by atoms with van der Waals surface area (Å²) in [5.74, 6) is 3.41. The maximum atomic E-state index is 10.5. The van der Waals surface area contributed by atoms with Crippen LogP contribution >= 0.6 is 23.5 Å². The minimum absolute atomic E-state index is 0.274. The highest BCUT2D eigenvalue weighted by Gasteiger charge is 2.38. The number of hydrogen-bond donors (Lipinski definition) is 2. The van der Waals surface area contributed by atoms with Crippen LogP contribution in [0.5, 0.6) is 0 Å². The lowest BCUT2D eigenvalue weighted by atomic mass is 9.94. The van der Waals surface area contributed by atoms with Gasteiger partial charge in [0.25, 0.3) is 5.89 Å². The molecule has 106 valence electrons. The molecular formula is C12H19N3O2S2.